The van der Waals surface area contributed by atoms with E-state index in [1.54, 1.807) is 14.2 Å². The molecule has 0 saturated heterocycles. The minimum atomic E-state index is -1.73. The van der Waals surface area contributed by atoms with E-state index in [0.717, 1.165) is 13.0 Å². The summed E-state index contributed by atoms with van der Waals surface area (Å²) >= 11 is 0. The van der Waals surface area contributed by atoms with Crippen LogP contribution in [-0.2, 0) is 20.3 Å². The Kier molecular flexibility index (Phi) is 8.36. The van der Waals surface area contributed by atoms with Gasteiger partial charge in [-0.1, -0.05) is 51.0 Å². The zero-order chi connectivity index (χ0) is 19.1. The maximum Gasteiger partial charge on any atom is 0.191 e. The summed E-state index contributed by atoms with van der Waals surface area (Å²) in [4.78, 5) is 0. The fourth-order valence-corrected chi connectivity index (χ4v) is 3.55. The highest BCUT2D eigenvalue weighted by Gasteiger charge is 2.36. The maximum atomic E-state index is 6.33. The monoisotopic (exact) mass is 362 g/mol. The standard InChI is InChI=1S/C21H34O3Si/c1-9-17(16-20(22-5)23-6)19-13-11-10-12-18(19)14-15-24-25(7,8)21(2,3)4/h1,10-13,17,20H,14-16H2,2-8H3. The van der Waals surface area contributed by atoms with Crippen LogP contribution in [0.5, 0.6) is 0 Å². The van der Waals surface area contributed by atoms with Gasteiger partial charge in [0.25, 0.3) is 0 Å². The number of terminal acetylenes is 1. The summed E-state index contributed by atoms with van der Waals surface area (Å²) in [7, 11) is 1.55. The molecule has 0 heterocycles. The highest BCUT2D eigenvalue weighted by Crippen LogP contribution is 2.36. The molecule has 0 fully saturated rings. The van der Waals surface area contributed by atoms with E-state index in [1.807, 2.05) is 6.07 Å². The number of rotatable bonds is 9. The number of ether oxygens (including phenoxy) is 2. The van der Waals surface area contributed by atoms with Crippen molar-refractivity contribution in [2.24, 2.45) is 0 Å². The highest BCUT2D eigenvalue weighted by molar-refractivity contribution is 6.74. The number of benzene rings is 1. The van der Waals surface area contributed by atoms with Crippen molar-refractivity contribution >= 4 is 8.32 Å². The molecule has 4 heteroatoms. The first kappa shape index (κ1) is 21.9. The van der Waals surface area contributed by atoms with Crippen molar-refractivity contribution in [3.8, 4) is 12.3 Å². The van der Waals surface area contributed by atoms with Crippen LogP contribution in [-0.4, -0.2) is 35.4 Å². The Labute approximate surface area is 155 Å². The van der Waals surface area contributed by atoms with E-state index in [-0.39, 0.29) is 17.2 Å². The molecule has 0 saturated carbocycles. The van der Waals surface area contributed by atoms with Crippen LogP contribution in [0.4, 0.5) is 0 Å². The lowest BCUT2D eigenvalue weighted by Gasteiger charge is -2.36. The van der Waals surface area contributed by atoms with Crippen molar-refractivity contribution in [3.63, 3.8) is 0 Å². The third-order valence-corrected chi connectivity index (χ3v) is 9.76. The molecule has 0 spiro atoms. The van der Waals surface area contributed by atoms with Crippen molar-refractivity contribution in [2.45, 2.75) is 64.0 Å². The molecule has 0 bridgehead atoms. The fourth-order valence-electron chi connectivity index (χ4n) is 2.50. The lowest BCUT2D eigenvalue weighted by atomic mass is 9.91. The van der Waals surface area contributed by atoms with Crippen molar-refractivity contribution in [1.29, 1.82) is 0 Å². The predicted molar refractivity (Wildman–Crippen MR) is 107 cm³/mol. The minimum absolute atomic E-state index is 0.0334. The summed E-state index contributed by atoms with van der Waals surface area (Å²) < 4.78 is 17.0. The van der Waals surface area contributed by atoms with Gasteiger partial charge in [-0.15, -0.1) is 6.42 Å². The van der Waals surface area contributed by atoms with Gasteiger partial charge in [-0.2, -0.15) is 0 Å². The van der Waals surface area contributed by atoms with Gasteiger partial charge in [0.05, 0.1) is 5.92 Å². The lowest BCUT2D eigenvalue weighted by molar-refractivity contribution is -0.107. The van der Waals surface area contributed by atoms with E-state index in [0.29, 0.717) is 6.42 Å². The first-order valence-corrected chi connectivity index (χ1v) is 11.8. The summed E-state index contributed by atoms with van der Waals surface area (Å²) in [5.74, 6) is 2.86. The van der Waals surface area contributed by atoms with E-state index in [1.165, 1.54) is 11.1 Å². The van der Waals surface area contributed by atoms with Crippen molar-refractivity contribution in [1.82, 2.24) is 0 Å². The predicted octanol–water partition coefficient (Wildman–Crippen LogP) is 4.98. The molecule has 0 aromatic heterocycles. The first-order valence-electron chi connectivity index (χ1n) is 8.89. The normalized spacial score (nSPS) is 13.7. The molecule has 0 aliphatic rings. The molecule has 0 aliphatic heterocycles. The molecular formula is C21H34O3Si. The van der Waals surface area contributed by atoms with Crippen LogP contribution in [0, 0.1) is 12.3 Å². The van der Waals surface area contributed by atoms with E-state index >= 15 is 0 Å². The summed E-state index contributed by atoms with van der Waals surface area (Å²) in [6, 6.07) is 8.34. The molecule has 1 aromatic carbocycles. The van der Waals surface area contributed by atoms with Gasteiger partial charge in [0.2, 0.25) is 0 Å². The van der Waals surface area contributed by atoms with E-state index < -0.39 is 8.32 Å². The summed E-state index contributed by atoms with van der Waals surface area (Å²) in [6.07, 6.45) is 7.02. The molecule has 0 radical (unpaired) electrons. The summed E-state index contributed by atoms with van der Waals surface area (Å²) in [5.41, 5.74) is 2.41. The van der Waals surface area contributed by atoms with Crippen molar-refractivity contribution in [2.75, 3.05) is 20.8 Å². The van der Waals surface area contributed by atoms with Gasteiger partial charge in [0, 0.05) is 27.2 Å². The molecule has 0 amide bonds. The fraction of sp³-hybridized carbons (Fsp3) is 0.619. The topological polar surface area (TPSA) is 27.7 Å². The molecule has 140 valence electrons. The quantitative estimate of drug-likeness (QED) is 0.352. The van der Waals surface area contributed by atoms with Crippen LogP contribution in [0.25, 0.3) is 0 Å². The Hall–Kier alpha value is -1.12. The van der Waals surface area contributed by atoms with Gasteiger partial charge >= 0.3 is 0 Å². The van der Waals surface area contributed by atoms with Crippen molar-refractivity contribution < 1.29 is 13.9 Å². The third kappa shape index (κ3) is 6.27. The zero-order valence-corrected chi connectivity index (χ0v) is 17.9. The molecule has 3 nitrogen and oxygen atoms in total. The molecule has 0 aliphatic carbocycles. The number of methoxy groups -OCH3 is 2. The number of hydrogen-bond acceptors (Lipinski definition) is 3. The first-order chi connectivity index (χ1) is 11.7. The third-order valence-electron chi connectivity index (χ3n) is 5.23. The summed E-state index contributed by atoms with van der Waals surface area (Å²) in [5, 5.41) is 0.220. The SMILES string of the molecule is C#CC(CC(OC)OC)c1ccccc1CCO[Si](C)(C)C(C)(C)C. The molecule has 25 heavy (non-hydrogen) atoms. The molecule has 1 aromatic rings. The summed E-state index contributed by atoms with van der Waals surface area (Å²) in [6.45, 7) is 12.1. The van der Waals surface area contributed by atoms with Crippen LogP contribution in [0.2, 0.25) is 18.1 Å². The van der Waals surface area contributed by atoms with E-state index in [9.17, 15) is 0 Å². The van der Waals surface area contributed by atoms with E-state index in [4.69, 9.17) is 20.3 Å². The van der Waals surface area contributed by atoms with E-state index in [2.05, 4.69) is 58.0 Å². The Morgan fingerprint density at radius 1 is 1.12 bits per heavy atom. The second-order valence-corrected chi connectivity index (χ2v) is 12.7. The van der Waals surface area contributed by atoms with Gasteiger partial charge in [-0.05, 0) is 35.7 Å². The Morgan fingerprint density at radius 2 is 1.72 bits per heavy atom. The molecule has 1 unspecified atom stereocenters. The van der Waals surface area contributed by atoms with Gasteiger partial charge in [-0.3, -0.25) is 0 Å². The van der Waals surface area contributed by atoms with Crippen LogP contribution in [0.1, 0.15) is 44.2 Å². The molecule has 1 rings (SSSR count). The molecule has 1 atom stereocenters. The van der Waals surface area contributed by atoms with Crippen LogP contribution in [0.15, 0.2) is 24.3 Å². The number of hydrogen-bond donors (Lipinski definition) is 0. The zero-order valence-electron chi connectivity index (χ0n) is 16.9. The van der Waals surface area contributed by atoms with Gasteiger partial charge in [-0.25, -0.2) is 0 Å². The van der Waals surface area contributed by atoms with Crippen LogP contribution in [0.3, 0.4) is 0 Å². The second kappa shape index (κ2) is 9.54. The average Bonchev–Trinajstić information content (AvgIpc) is 2.56. The van der Waals surface area contributed by atoms with Gasteiger partial charge < -0.3 is 13.9 Å². The van der Waals surface area contributed by atoms with Crippen LogP contribution >= 0.6 is 0 Å². The Bertz CT molecular complexity index is 565. The Balaban J connectivity index is 2.84. The molecule has 0 N–H and O–H groups in total. The van der Waals surface area contributed by atoms with Crippen molar-refractivity contribution in [3.05, 3.63) is 35.4 Å². The van der Waals surface area contributed by atoms with Gasteiger partial charge in [0.1, 0.15) is 0 Å². The van der Waals surface area contributed by atoms with Gasteiger partial charge in [0.15, 0.2) is 14.6 Å². The average molecular weight is 363 g/mol. The molecular weight excluding hydrogens is 328 g/mol. The Morgan fingerprint density at radius 3 is 2.24 bits per heavy atom. The highest BCUT2D eigenvalue weighted by atomic mass is 28.4. The largest absolute Gasteiger partial charge is 0.416 e. The minimum Gasteiger partial charge on any atom is -0.416 e. The smallest absolute Gasteiger partial charge is 0.191 e. The second-order valence-electron chi connectivity index (χ2n) is 7.91. The van der Waals surface area contributed by atoms with Crippen LogP contribution < -0.4 is 0 Å². The lowest BCUT2D eigenvalue weighted by Crippen LogP contribution is -2.41. The maximum absolute atomic E-state index is 6.33.